The van der Waals surface area contributed by atoms with Crippen LogP contribution >= 0.6 is 11.6 Å². The van der Waals surface area contributed by atoms with Crippen molar-refractivity contribution in [3.8, 4) is 0 Å². The van der Waals surface area contributed by atoms with Crippen LogP contribution in [0.4, 0.5) is 4.39 Å². The Bertz CT molecular complexity index is 521. The standard InChI is InChI=1S/C13H14ClFN2O/c1-17-8-9(7-16-17)2-3-13(18)10-4-11(14)6-12(15)5-10/h4-8,13,18H,2-3H2,1H3. The Labute approximate surface area is 110 Å². The van der Waals surface area contributed by atoms with Gasteiger partial charge in [-0.25, -0.2) is 4.39 Å². The minimum atomic E-state index is -0.724. The van der Waals surface area contributed by atoms with Gasteiger partial charge in [0.05, 0.1) is 12.3 Å². The molecule has 5 heteroatoms. The maximum Gasteiger partial charge on any atom is 0.125 e. The fourth-order valence-electron chi connectivity index (χ4n) is 1.84. The molecule has 1 atom stereocenters. The number of hydrogen-bond acceptors (Lipinski definition) is 2. The Hall–Kier alpha value is -1.39. The summed E-state index contributed by atoms with van der Waals surface area (Å²) >= 11 is 5.75. The molecule has 0 saturated carbocycles. The lowest BCUT2D eigenvalue weighted by Gasteiger charge is -2.10. The molecule has 0 aliphatic carbocycles. The van der Waals surface area contributed by atoms with Crippen molar-refractivity contribution in [1.29, 1.82) is 0 Å². The zero-order chi connectivity index (χ0) is 13.1. The Morgan fingerprint density at radius 2 is 2.22 bits per heavy atom. The minimum Gasteiger partial charge on any atom is -0.388 e. The highest BCUT2D eigenvalue weighted by Gasteiger charge is 2.10. The van der Waals surface area contributed by atoms with Crippen molar-refractivity contribution in [3.05, 3.63) is 52.6 Å². The fraction of sp³-hybridized carbons (Fsp3) is 0.308. The summed E-state index contributed by atoms with van der Waals surface area (Å²) in [4.78, 5) is 0. The first kappa shape index (κ1) is 13.1. The van der Waals surface area contributed by atoms with Crippen LogP contribution in [0.2, 0.25) is 5.02 Å². The van der Waals surface area contributed by atoms with Crippen molar-refractivity contribution < 1.29 is 9.50 Å². The Balaban J connectivity index is 2.01. The van der Waals surface area contributed by atoms with Gasteiger partial charge in [0.1, 0.15) is 5.82 Å². The van der Waals surface area contributed by atoms with Crippen molar-refractivity contribution in [1.82, 2.24) is 9.78 Å². The molecule has 1 aromatic heterocycles. The van der Waals surface area contributed by atoms with Crippen LogP contribution in [-0.2, 0) is 13.5 Å². The first-order valence-electron chi connectivity index (χ1n) is 5.66. The van der Waals surface area contributed by atoms with Crippen molar-refractivity contribution in [3.63, 3.8) is 0 Å². The van der Waals surface area contributed by atoms with Gasteiger partial charge in [-0.1, -0.05) is 11.6 Å². The molecule has 2 aromatic rings. The van der Waals surface area contributed by atoms with Gasteiger partial charge in [0.25, 0.3) is 0 Å². The molecule has 1 aromatic carbocycles. The molecule has 1 N–H and O–H groups in total. The van der Waals surface area contributed by atoms with Gasteiger partial charge < -0.3 is 5.11 Å². The molecule has 0 bridgehead atoms. The van der Waals surface area contributed by atoms with Gasteiger partial charge in [0.2, 0.25) is 0 Å². The van der Waals surface area contributed by atoms with Crippen LogP contribution in [0.25, 0.3) is 0 Å². The summed E-state index contributed by atoms with van der Waals surface area (Å²) < 4.78 is 14.9. The summed E-state index contributed by atoms with van der Waals surface area (Å²) in [7, 11) is 1.84. The number of aliphatic hydroxyl groups excluding tert-OH is 1. The predicted molar refractivity (Wildman–Crippen MR) is 67.9 cm³/mol. The summed E-state index contributed by atoms with van der Waals surface area (Å²) in [5.74, 6) is -0.432. The van der Waals surface area contributed by atoms with E-state index in [4.69, 9.17) is 11.6 Å². The van der Waals surface area contributed by atoms with Gasteiger partial charge >= 0.3 is 0 Å². The van der Waals surface area contributed by atoms with E-state index >= 15 is 0 Å². The van der Waals surface area contributed by atoms with Crippen molar-refractivity contribution in [2.45, 2.75) is 18.9 Å². The highest BCUT2D eigenvalue weighted by molar-refractivity contribution is 6.30. The number of hydrogen-bond donors (Lipinski definition) is 1. The molecule has 1 heterocycles. The van der Waals surface area contributed by atoms with Crippen LogP contribution in [0.5, 0.6) is 0 Å². The molecule has 1 unspecified atom stereocenters. The van der Waals surface area contributed by atoms with E-state index in [0.717, 1.165) is 5.56 Å². The van der Waals surface area contributed by atoms with Crippen molar-refractivity contribution in [2.24, 2.45) is 7.05 Å². The normalized spacial score (nSPS) is 12.7. The summed E-state index contributed by atoms with van der Waals surface area (Å²) in [6.45, 7) is 0. The lowest BCUT2D eigenvalue weighted by molar-refractivity contribution is 0.167. The molecule has 0 radical (unpaired) electrons. The number of nitrogens with zero attached hydrogens (tertiary/aromatic N) is 2. The molecule has 3 nitrogen and oxygen atoms in total. The highest BCUT2D eigenvalue weighted by atomic mass is 35.5. The third-order valence-electron chi connectivity index (χ3n) is 2.73. The maximum atomic E-state index is 13.1. The Morgan fingerprint density at radius 1 is 1.44 bits per heavy atom. The van der Waals surface area contributed by atoms with Crippen molar-refractivity contribution >= 4 is 11.6 Å². The smallest absolute Gasteiger partial charge is 0.125 e. The zero-order valence-corrected chi connectivity index (χ0v) is 10.7. The van der Waals surface area contributed by atoms with Crippen LogP contribution in [0, 0.1) is 5.82 Å². The Morgan fingerprint density at radius 3 is 2.83 bits per heavy atom. The van der Waals surface area contributed by atoms with Crippen molar-refractivity contribution in [2.75, 3.05) is 0 Å². The molecule has 0 amide bonds. The van der Waals surface area contributed by atoms with Gasteiger partial charge in [-0.05, 0) is 42.2 Å². The number of aromatic nitrogens is 2. The topological polar surface area (TPSA) is 38.0 Å². The minimum absolute atomic E-state index is 0.297. The van der Waals surface area contributed by atoms with E-state index in [1.165, 1.54) is 12.1 Å². The predicted octanol–water partition coefficient (Wildman–Crippen LogP) is 2.88. The molecule has 96 valence electrons. The van der Waals surface area contributed by atoms with E-state index in [1.54, 1.807) is 16.9 Å². The van der Waals surface area contributed by atoms with E-state index in [1.807, 2.05) is 13.2 Å². The third-order valence-corrected chi connectivity index (χ3v) is 2.95. The molecule has 0 aliphatic rings. The summed E-state index contributed by atoms with van der Waals surface area (Å²) in [5.41, 5.74) is 1.54. The summed E-state index contributed by atoms with van der Waals surface area (Å²) in [6.07, 6.45) is 4.11. The third kappa shape index (κ3) is 3.31. The van der Waals surface area contributed by atoms with E-state index < -0.39 is 11.9 Å². The van der Waals surface area contributed by atoms with E-state index in [-0.39, 0.29) is 0 Å². The van der Waals surface area contributed by atoms with Gasteiger partial charge in [0.15, 0.2) is 0 Å². The fourth-order valence-corrected chi connectivity index (χ4v) is 2.07. The quantitative estimate of drug-likeness (QED) is 0.926. The molecule has 0 spiro atoms. The van der Waals surface area contributed by atoms with E-state index in [0.29, 0.717) is 23.4 Å². The number of rotatable bonds is 4. The van der Waals surface area contributed by atoms with Gasteiger partial charge in [-0.15, -0.1) is 0 Å². The number of aryl methyl sites for hydroxylation is 2. The SMILES string of the molecule is Cn1cc(CCC(O)c2cc(F)cc(Cl)c2)cn1. The number of benzene rings is 1. The number of aliphatic hydroxyl groups is 1. The zero-order valence-electron chi connectivity index (χ0n) is 9.98. The average molecular weight is 269 g/mol. The molecule has 0 aliphatic heterocycles. The van der Waals surface area contributed by atoms with Gasteiger partial charge in [-0.2, -0.15) is 5.10 Å². The first-order valence-corrected chi connectivity index (χ1v) is 6.04. The summed E-state index contributed by atoms with van der Waals surface area (Å²) in [5, 5.41) is 14.3. The molecule has 0 fully saturated rings. The highest BCUT2D eigenvalue weighted by Crippen LogP contribution is 2.23. The van der Waals surface area contributed by atoms with E-state index in [2.05, 4.69) is 5.10 Å². The second kappa shape index (κ2) is 5.50. The molecular formula is C13H14ClFN2O. The van der Waals surface area contributed by atoms with Crippen LogP contribution in [0.3, 0.4) is 0 Å². The first-order chi connectivity index (χ1) is 8.54. The maximum absolute atomic E-state index is 13.1. The van der Waals surface area contributed by atoms with Gasteiger partial charge in [0, 0.05) is 18.3 Å². The lowest BCUT2D eigenvalue weighted by atomic mass is 10.0. The summed E-state index contributed by atoms with van der Waals surface area (Å²) in [6, 6.07) is 4.11. The average Bonchev–Trinajstić information content (AvgIpc) is 2.70. The molecule has 2 rings (SSSR count). The second-order valence-corrected chi connectivity index (χ2v) is 4.72. The number of halogens is 2. The van der Waals surface area contributed by atoms with Crippen LogP contribution in [0.1, 0.15) is 23.7 Å². The van der Waals surface area contributed by atoms with Crippen LogP contribution < -0.4 is 0 Å². The monoisotopic (exact) mass is 268 g/mol. The largest absolute Gasteiger partial charge is 0.388 e. The lowest BCUT2D eigenvalue weighted by Crippen LogP contribution is -2.00. The Kier molecular flexibility index (Phi) is 3.99. The van der Waals surface area contributed by atoms with Crippen LogP contribution in [-0.4, -0.2) is 14.9 Å². The second-order valence-electron chi connectivity index (χ2n) is 4.28. The molecular weight excluding hydrogens is 255 g/mol. The van der Waals surface area contributed by atoms with E-state index in [9.17, 15) is 9.50 Å². The molecule has 0 saturated heterocycles. The molecule has 18 heavy (non-hydrogen) atoms. The van der Waals surface area contributed by atoms with Crippen LogP contribution in [0.15, 0.2) is 30.6 Å². The van der Waals surface area contributed by atoms with Gasteiger partial charge in [-0.3, -0.25) is 4.68 Å².